The van der Waals surface area contributed by atoms with E-state index >= 15 is 0 Å². The summed E-state index contributed by atoms with van der Waals surface area (Å²) < 4.78 is 35.1. The minimum atomic E-state index is -0.333. The van der Waals surface area contributed by atoms with Gasteiger partial charge in [0.2, 0.25) is 6.54 Å². The van der Waals surface area contributed by atoms with Crippen LogP contribution in [0.15, 0.2) is 0 Å². The van der Waals surface area contributed by atoms with Gasteiger partial charge in [0, 0.05) is 64.1 Å². The molecule has 5 unspecified atom stereocenters. The molecule has 9 aliphatic rings. The molecule has 14 heteroatoms. The monoisotopic (exact) mass is 1020 g/mol. The van der Waals surface area contributed by atoms with Crippen LogP contribution in [0.5, 0.6) is 0 Å². The maximum absolute atomic E-state index is 11.4. The molecule has 0 aromatic heterocycles. The summed E-state index contributed by atoms with van der Waals surface area (Å²) in [5.74, 6) is 2.82. The van der Waals surface area contributed by atoms with Crippen molar-refractivity contribution in [2.45, 2.75) is 245 Å². The second kappa shape index (κ2) is 40.0. The highest BCUT2D eigenvalue weighted by molar-refractivity contribution is 5.79. The van der Waals surface area contributed by atoms with E-state index in [1.54, 1.807) is 14.0 Å². The Morgan fingerprint density at radius 3 is 1.49 bits per heavy atom. The number of carbonyl (C=O) groups is 5. The number of fused-ring (bicyclic) bond motifs is 2. The second-order valence-electron chi connectivity index (χ2n) is 21.5. The molecule has 72 heavy (non-hydrogen) atoms. The molecule has 9 fully saturated rings. The van der Waals surface area contributed by atoms with Gasteiger partial charge in [0.25, 0.3) is 0 Å². The van der Waals surface area contributed by atoms with Crippen molar-refractivity contribution < 1.29 is 57.1 Å². The first-order valence-electron chi connectivity index (χ1n) is 27.4. The van der Waals surface area contributed by atoms with Gasteiger partial charge in [0.15, 0.2) is 5.79 Å². The molecule has 0 aromatic rings. The van der Waals surface area contributed by atoms with Crippen LogP contribution in [0, 0.1) is 58.3 Å². The lowest BCUT2D eigenvalue weighted by Crippen LogP contribution is -2.40. The number of esters is 3. The molecular formula is C58H106N2O12. The molecule has 0 radical (unpaired) electrons. The summed E-state index contributed by atoms with van der Waals surface area (Å²) >= 11 is 0. The quantitative estimate of drug-likeness (QED) is 0.110. The first-order chi connectivity index (χ1) is 33.7. The number of hydrogen-bond acceptors (Lipinski definition) is 13. The summed E-state index contributed by atoms with van der Waals surface area (Å²) in [5.41, 5.74) is 0.308. The van der Waals surface area contributed by atoms with E-state index in [1.807, 2.05) is 96.1 Å². The number of hydrogen-bond donors (Lipinski definition) is 0. The standard InChI is InChI=1S/C10H14O2.C8H14O.C7H12O2.C7H14O2.C6H10O2.C4H7N.2C4H8O.C3H5N.C3H8O.C2H6/c11-10-9-7-3-1-6(2-4-7)8(9)5-12-10;1-8(2)5-3-7(9)4-6-8;1-5-6(8)9-4-7(5,2)3;1-4-6-5-8-7(2,3)9-6;1-6(2)4-3-5(7)8-6;1-2-3-4-5;1-2-4-3-5-4;1-3-4(2)5;2*1-3-4-2;1-2/h6-9H,1-5H2;3-6H2,1-2H3;5H,4H2,1-3H3;6H,4-5H2,1-3H3;3-4H2,1-2H3;2-3H2,1H3;4H,2-3H2,1H3;3H2,1-2H3;3H2,1H3;3H2,1-2H3;1-2H3. The van der Waals surface area contributed by atoms with Crippen molar-refractivity contribution in [3.05, 3.63) is 11.4 Å². The van der Waals surface area contributed by atoms with Crippen LogP contribution in [0.2, 0.25) is 0 Å². The Bertz CT molecular complexity index is 1550. The second-order valence-corrected chi connectivity index (χ2v) is 21.5. The zero-order valence-electron chi connectivity index (χ0n) is 49.2. The predicted octanol–water partition coefficient (Wildman–Crippen LogP) is 13.3. The third-order valence-electron chi connectivity index (χ3n) is 13.4. The van der Waals surface area contributed by atoms with E-state index in [0.29, 0.717) is 73.6 Å². The van der Waals surface area contributed by atoms with Crippen molar-refractivity contribution in [3.63, 3.8) is 0 Å². The number of nitriles is 1. The van der Waals surface area contributed by atoms with Crippen LogP contribution in [0.3, 0.4) is 0 Å². The number of carbonyl (C=O) groups excluding carboxylic acids is 5. The van der Waals surface area contributed by atoms with Gasteiger partial charge in [0.05, 0.1) is 56.5 Å². The van der Waals surface area contributed by atoms with Crippen molar-refractivity contribution >= 4 is 29.5 Å². The molecule has 5 aliphatic heterocycles. The van der Waals surface area contributed by atoms with Crippen LogP contribution in [0.4, 0.5) is 0 Å². The molecule has 9 rings (SSSR count). The fourth-order valence-corrected chi connectivity index (χ4v) is 7.68. The summed E-state index contributed by atoms with van der Waals surface area (Å²) in [6.07, 6.45) is 16.1. The molecule has 0 spiro atoms. The Labute approximate surface area is 439 Å². The van der Waals surface area contributed by atoms with E-state index in [-0.39, 0.29) is 46.4 Å². The summed E-state index contributed by atoms with van der Waals surface area (Å²) in [6.45, 7) is 46.2. The van der Waals surface area contributed by atoms with E-state index in [2.05, 4.69) is 37.3 Å². The smallest absolute Gasteiger partial charge is 0.309 e. The summed E-state index contributed by atoms with van der Waals surface area (Å²) in [7, 11) is 1.68. The number of Topliss-reactive ketones (excluding diaryl/α,β-unsaturated/α-hetero) is 2. The van der Waals surface area contributed by atoms with Crippen LogP contribution in [-0.2, 0) is 57.1 Å². The van der Waals surface area contributed by atoms with Crippen molar-refractivity contribution in [3.8, 4) is 6.07 Å². The molecule has 5 heterocycles. The third-order valence-corrected chi connectivity index (χ3v) is 13.4. The molecule has 2 bridgehead atoms. The van der Waals surface area contributed by atoms with E-state index in [1.165, 1.54) is 32.1 Å². The van der Waals surface area contributed by atoms with E-state index in [0.717, 1.165) is 77.3 Å². The van der Waals surface area contributed by atoms with Gasteiger partial charge in [-0.1, -0.05) is 76.2 Å². The van der Waals surface area contributed by atoms with Gasteiger partial charge in [-0.3, -0.25) is 19.2 Å². The Kier molecular flexibility index (Phi) is 40.4. The van der Waals surface area contributed by atoms with Gasteiger partial charge in [0.1, 0.15) is 17.2 Å². The van der Waals surface area contributed by atoms with Crippen molar-refractivity contribution in [1.29, 1.82) is 5.26 Å². The molecular weight excluding hydrogens is 917 g/mol. The topological polar surface area (TPSA) is 181 Å². The fourth-order valence-electron chi connectivity index (χ4n) is 7.68. The Hall–Kier alpha value is -3.43. The number of methoxy groups -OCH3 is 1. The molecule has 0 amide bonds. The lowest BCUT2D eigenvalue weighted by Gasteiger charge is -2.42. The zero-order chi connectivity index (χ0) is 56.1. The summed E-state index contributed by atoms with van der Waals surface area (Å²) in [5, 5.41) is 7.82. The molecule has 4 aliphatic carbocycles. The minimum Gasteiger partial charge on any atom is -0.465 e. The average Bonchev–Trinajstić information content (AvgIpc) is 3.80. The fraction of sp³-hybridized carbons (Fsp3) is 0.879. The van der Waals surface area contributed by atoms with Crippen LogP contribution in [0.25, 0.3) is 4.85 Å². The van der Waals surface area contributed by atoms with Crippen molar-refractivity contribution in [2.75, 3.05) is 46.7 Å². The van der Waals surface area contributed by atoms with Crippen LogP contribution in [0.1, 0.15) is 221 Å². The number of epoxide rings is 1. The largest absolute Gasteiger partial charge is 0.465 e. The maximum atomic E-state index is 11.4. The number of rotatable bonds is 5. The average molecular weight is 1020 g/mol. The Balaban J connectivity index is -0.000000748. The normalized spacial score (nSPS) is 26.8. The summed E-state index contributed by atoms with van der Waals surface area (Å²) in [6, 6.07) is 2.02. The molecule has 5 saturated heterocycles. The van der Waals surface area contributed by atoms with Gasteiger partial charge in [-0.25, -0.2) is 6.57 Å². The highest BCUT2D eigenvalue weighted by Crippen LogP contribution is 2.51. The molecule has 420 valence electrons. The van der Waals surface area contributed by atoms with Crippen LogP contribution < -0.4 is 0 Å². The SMILES string of the molecule is CC.CC1(C)CCC(=O)CC1.CC1(C)CCC(=O)O1.CC1C(=O)OCC1(C)C.CCC(C)=O.CCC1CO1.CCC1COC(C)(C)O1.CCCC#N.CCOC.O=C1OCC2C3CCC(CC3)C12.[C-]#[N+]CC. The van der Waals surface area contributed by atoms with Crippen molar-refractivity contribution in [2.24, 2.45) is 40.4 Å². The van der Waals surface area contributed by atoms with Crippen LogP contribution >= 0.6 is 0 Å². The number of cyclic esters (lactones) is 3. The molecule has 14 nitrogen and oxygen atoms in total. The zero-order valence-corrected chi connectivity index (χ0v) is 49.2. The summed E-state index contributed by atoms with van der Waals surface area (Å²) in [4.78, 5) is 56.1. The van der Waals surface area contributed by atoms with Gasteiger partial charge in [-0.05, 0) is 123 Å². The van der Waals surface area contributed by atoms with Gasteiger partial charge >= 0.3 is 17.9 Å². The molecule has 5 atom stereocenters. The predicted molar refractivity (Wildman–Crippen MR) is 287 cm³/mol. The lowest BCUT2D eigenvalue weighted by atomic mass is 9.60. The van der Waals surface area contributed by atoms with E-state index in [4.69, 9.17) is 40.3 Å². The maximum Gasteiger partial charge on any atom is 0.309 e. The Morgan fingerprint density at radius 1 is 0.778 bits per heavy atom. The number of ketones is 2. The molecule has 0 N–H and O–H groups in total. The third kappa shape index (κ3) is 34.9. The van der Waals surface area contributed by atoms with Gasteiger partial charge in [-0.15, -0.1) is 0 Å². The molecule has 4 saturated carbocycles. The minimum absolute atomic E-state index is 0.0527. The van der Waals surface area contributed by atoms with Gasteiger partial charge < -0.3 is 42.8 Å². The first kappa shape index (κ1) is 72.8. The van der Waals surface area contributed by atoms with E-state index in [9.17, 15) is 24.0 Å². The number of nitrogens with zero attached hydrogens (tertiary/aromatic N) is 2. The highest BCUT2D eigenvalue weighted by Gasteiger charge is 2.51. The van der Waals surface area contributed by atoms with E-state index < -0.39 is 0 Å². The van der Waals surface area contributed by atoms with Gasteiger partial charge in [-0.2, -0.15) is 5.26 Å². The first-order valence-corrected chi connectivity index (χ1v) is 27.4. The number of unbranched alkanes of at least 4 members (excludes halogenated alkanes) is 1. The van der Waals surface area contributed by atoms with Crippen molar-refractivity contribution in [1.82, 2.24) is 0 Å². The number of ether oxygens (including phenoxy) is 7. The Morgan fingerprint density at radius 2 is 1.28 bits per heavy atom. The lowest BCUT2D eigenvalue weighted by molar-refractivity contribution is -0.146. The molecule has 0 aromatic carbocycles. The van der Waals surface area contributed by atoms with Crippen LogP contribution in [-0.4, -0.2) is 99.8 Å². The highest BCUT2D eigenvalue weighted by atomic mass is 16.7.